The monoisotopic (exact) mass is 532 g/mol. The highest BCUT2D eigenvalue weighted by Crippen LogP contribution is 2.26. The number of nitrogens with one attached hydrogen (secondary N) is 1. The summed E-state index contributed by atoms with van der Waals surface area (Å²) in [6.07, 6.45) is 3.28. The van der Waals surface area contributed by atoms with E-state index in [0.717, 1.165) is 18.0 Å². The Morgan fingerprint density at radius 3 is 2.57 bits per heavy atom. The van der Waals surface area contributed by atoms with E-state index < -0.39 is 0 Å². The van der Waals surface area contributed by atoms with Gasteiger partial charge in [0.05, 0.1) is 23.1 Å². The van der Waals surface area contributed by atoms with E-state index in [9.17, 15) is 4.79 Å². The van der Waals surface area contributed by atoms with Crippen LogP contribution in [0.5, 0.6) is 5.75 Å². The Labute approximate surface area is 221 Å². The van der Waals surface area contributed by atoms with Gasteiger partial charge in [-0.3, -0.25) is 4.79 Å². The molecule has 6 nitrogen and oxygen atoms in total. The van der Waals surface area contributed by atoms with Crippen LogP contribution in [0.15, 0.2) is 60.3 Å². The van der Waals surface area contributed by atoms with E-state index in [1.54, 1.807) is 24.3 Å². The molecule has 3 aromatic rings. The van der Waals surface area contributed by atoms with Gasteiger partial charge in [-0.15, -0.1) is 16.8 Å². The maximum atomic E-state index is 12.4. The topological polar surface area (TPSA) is 69.0 Å². The summed E-state index contributed by atoms with van der Waals surface area (Å²) < 4.78 is 7.87. The lowest BCUT2D eigenvalue weighted by molar-refractivity contribution is -0.113. The van der Waals surface area contributed by atoms with Gasteiger partial charge in [0.15, 0.2) is 5.16 Å². The summed E-state index contributed by atoms with van der Waals surface area (Å²) in [7, 11) is 0. The number of amides is 1. The summed E-state index contributed by atoms with van der Waals surface area (Å²) in [6.45, 7) is 11.5. The van der Waals surface area contributed by atoms with Crippen LogP contribution in [-0.2, 0) is 23.2 Å². The number of halogens is 2. The molecule has 0 saturated heterocycles. The predicted molar refractivity (Wildman–Crippen MR) is 145 cm³/mol. The summed E-state index contributed by atoms with van der Waals surface area (Å²) >= 11 is 13.3. The lowest BCUT2D eigenvalue weighted by Crippen LogP contribution is -2.15. The van der Waals surface area contributed by atoms with Gasteiger partial charge in [-0.25, -0.2) is 0 Å². The molecule has 3 rings (SSSR count). The molecule has 0 spiro atoms. The molecule has 2 aromatic carbocycles. The van der Waals surface area contributed by atoms with Gasteiger partial charge in [-0.1, -0.05) is 73.9 Å². The van der Waals surface area contributed by atoms with Gasteiger partial charge in [0.2, 0.25) is 5.91 Å². The highest BCUT2D eigenvalue weighted by Gasteiger charge is 2.15. The molecule has 0 bridgehead atoms. The number of ether oxygens (including phenoxy) is 1. The van der Waals surface area contributed by atoms with Crippen LogP contribution in [0.1, 0.15) is 38.6 Å². The van der Waals surface area contributed by atoms with Gasteiger partial charge in [0, 0.05) is 18.0 Å². The molecule has 0 saturated carbocycles. The average Bonchev–Trinajstić information content (AvgIpc) is 3.18. The number of hydrogen-bond donors (Lipinski definition) is 1. The fourth-order valence-corrected chi connectivity index (χ4v) is 4.52. The lowest BCUT2D eigenvalue weighted by Gasteiger charge is -2.19. The van der Waals surface area contributed by atoms with Gasteiger partial charge in [-0.2, -0.15) is 0 Å². The van der Waals surface area contributed by atoms with Crippen molar-refractivity contribution in [3.05, 3.63) is 76.6 Å². The number of carbonyl (C=O) groups is 1. The standard InChI is InChI=1S/C26H30Cl2N4O2S/c1-5-14-32-23(7-6-15-34-20-11-8-18(9-12-20)26(2,3)4)30-31-25(32)35-17-24(33)29-22-13-10-19(27)16-21(22)28/h5,8-13,16H,1,6-7,14-15,17H2,2-4H3,(H,29,33). The van der Waals surface area contributed by atoms with E-state index >= 15 is 0 Å². The molecule has 186 valence electrons. The van der Waals surface area contributed by atoms with E-state index in [-0.39, 0.29) is 17.1 Å². The number of anilines is 1. The van der Waals surface area contributed by atoms with Gasteiger partial charge in [-0.05, 0) is 47.7 Å². The fraction of sp³-hybridized carbons (Fsp3) is 0.346. The zero-order valence-electron chi connectivity index (χ0n) is 20.2. The SMILES string of the molecule is C=CCn1c(CCCOc2ccc(C(C)(C)C)cc2)nnc1SCC(=O)Nc1ccc(Cl)cc1Cl. The number of carbonyl (C=O) groups excluding carboxylic acids is 1. The third-order valence-electron chi connectivity index (χ3n) is 5.18. The van der Waals surface area contributed by atoms with Crippen molar-refractivity contribution in [2.75, 3.05) is 17.7 Å². The summed E-state index contributed by atoms with van der Waals surface area (Å²) in [4.78, 5) is 12.4. The van der Waals surface area contributed by atoms with Crippen molar-refractivity contribution in [1.29, 1.82) is 0 Å². The second kappa shape index (κ2) is 12.5. The van der Waals surface area contributed by atoms with Crippen molar-refractivity contribution in [2.24, 2.45) is 0 Å². The first-order valence-corrected chi connectivity index (χ1v) is 13.1. The van der Waals surface area contributed by atoms with Crippen LogP contribution < -0.4 is 10.1 Å². The number of aromatic nitrogens is 3. The second-order valence-electron chi connectivity index (χ2n) is 8.99. The van der Waals surface area contributed by atoms with Crippen molar-refractivity contribution in [1.82, 2.24) is 14.8 Å². The first-order valence-electron chi connectivity index (χ1n) is 11.3. The number of benzene rings is 2. The van der Waals surface area contributed by atoms with Crippen LogP contribution in [0.4, 0.5) is 5.69 Å². The van der Waals surface area contributed by atoms with E-state index in [2.05, 4.69) is 55.0 Å². The lowest BCUT2D eigenvalue weighted by atomic mass is 9.87. The normalized spacial score (nSPS) is 11.3. The quantitative estimate of drug-likeness (QED) is 0.167. The Morgan fingerprint density at radius 1 is 1.17 bits per heavy atom. The fourth-order valence-electron chi connectivity index (χ4n) is 3.30. The van der Waals surface area contributed by atoms with Crippen molar-refractivity contribution in [3.63, 3.8) is 0 Å². The highest BCUT2D eigenvalue weighted by atomic mass is 35.5. The molecule has 1 aromatic heterocycles. The van der Waals surface area contributed by atoms with Crippen LogP contribution in [0.2, 0.25) is 10.0 Å². The van der Waals surface area contributed by atoms with Crippen LogP contribution in [-0.4, -0.2) is 33.0 Å². The van der Waals surface area contributed by atoms with Crippen molar-refractivity contribution in [3.8, 4) is 5.75 Å². The summed E-state index contributed by atoms with van der Waals surface area (Å²) in [6, 6.07) is 13.2. The number of aryl methyl sites for hydroxylation is 1. The van der Waals surface area contributed by atoms with Crippen LogP contribution >= 0.6 is 35.0 Å². The van der Waals surface area contributed by atoms with Crippen LogP contribution in [0, 0.1) is 0 Å². The van der Waals surface area contributed by atoms with Crippen LogP contribution in [0.3, 0.4) is 0 Å². The minimum Gasteiger partial charge on any atom is -0.494 e. The van der Waals surface area contributed by atoms with Crippen molar-refractivity contribution in [2.45, 2.75) is 50.7 Å². The van der Waals surface area contributed by atoms with Crippen LogP contribution in [0.25, 0.3) is 0 Å². The van der Waals surface area contributed by atoms with E-state index in [0.29, 0.717) is 40.5 Å². The molecule has 0 aliphatic carbocycles. The van der Waals surface area contributed by atoms with Crippen molar-refractivity contribution >= 4 is 46.6 Å². The number of allylic oxidation sites excluding steroid dienone is 1. The first kappa shape index (κ1) is 27.1. The average molecular weight is 534 g/mol. The van der Waals surface area contributed by atoms with E-state index in [1.807, 2.05) is 16.7 Å². The molecule has 35 heavy (non-hydrogen) atoms. The zero-order valence-corrected chi connectivity index (χ0v) is 22.5. The minimum absolute atomic E-state index is 0.118. The molecule has 0 aliphatic rings. The van der Waals surface area contributed by atoms with Gasteiger partial charge >= 0.3 is 0 Å². The molecule has 1 amide bonds. The molecule has 0 unspecified atom stereocenters. The second-order valence-corrected chi connectivity index (χ2v) is 10.8. The molecule has 9 heteroatoms. The van der Waals surface area contributed by atoms with Gasteiger partial charge in [0.1, 0.15) is 11.6 Å². The minimum atomic E-state index is -0.195. The Balaban J connectivity index is 1.51. The molecule has 0 radical (unpaired) electrons. The molecule has 1 N–H and O–H groups in total. The Kier molecular flexibility index (Phi) is 9.66. The number of hydrogen-bond acceptors (Lipinski definition) is 5. The summed E-state index contributed by atoms with van der Waals surface area (Å²) in [5.41, 5.74) is 1.91. The molecule has 1 heterocycles. The van der Waals surface area contributed by atoms with Gasteiger partial charge in [0.25, 0.3) is 0 Å². The maximum Gasteiger partial charge on any atom is 0.234 e. The summed E-state index contributed by atoms with van der Waals surface area (Å²) in [5, 5.41) is 13.0. The Morgan fingerprint density at radius 2 is 1.91 bits per heavy atom. The van der Waals surface area contributed by atoms with E-state index in [4.69, 9.17) is 27.9 Å². The number of thioether (sulfide) groups is 1. The Hall–Kier alpha value is -2.48. The van der Waals surface area contributed by atoms with E-state index in [1.165, 1.54) is 17.3 Å². The third-order valence-corrected chi connectivity index (χ3v) is 6.69. The first-order chi connectivity index (χ1) is 16.7. The molecule has 0 fully saturated rings. The number of nitrogens with zero attached hydrogens (tertiary/aromatic N) is 3. The third kappa shape index (κ3) is 8.02. The smallest absolute Gasteiger partial charge is 0.234 e. The number of rotatable bonds is 11. The maximum absolute atomic E-state index is 12.4. The molecule has 0 atom stereocenters. The molecular formula is C26H30Cl2N4O2S. The largest absolute Gasteiger partial charge is 0.494 e. The summed E-state index contributed by atoms with van der Waals surface area (Å²) in [5.74, 6) is 1.66. The van der Waals surface area contributed by atoms with Crippen molar-refractivity contribution < 1.29 is 9.53 Å². The Bertz CT molecular complexity index is 1160. The molecule has 0 aliphatic heterocycles. The highest BCUT2D eigenvalue weighted by molar-refractivity contribution is 7.99. The zero-order chi connectivity index (χ0) is 25.4. The molecular weight excluding hydrogens is 503 g/mol. The predicted octanol–water partition coefficient (Wildman–Crippen LogP) is 6.81. The van der Waals surface area contributed by atoms with Gasteiger partial charge < -0.3 is 14.6 Å².